The van der Waals surface area contributed by atoms with E-state index in [4.69, 9.17) is 14.6 Å². The number of aliphatic carboxylic acids is 1. The van der Waals surface area contributed by atoms with E-state index < -0.39 is 5.97 Å². The lowest BCUT2D eigenvalue weighted by atomic mass is 9.98. The minimum atomic E-state index is -0.797. The van der Waals surface area contributed by atoms with Crippen LogP contribution in [0.2, 0.25) is 0 Å². The summed E-state index contributed by atoms with van der Waals surface area (Å²) in [7, 11) is 0. The number of rotatable bonds is 4. The van der Waals surface area contributed by atoms with Crippen LogP contribution in [0, 0.1) is 0 Å². The summed E-state index contributed by atoms with van der Waals surface area (Å²) in [5, 5.41) is 8.96. The Morgan fingerprint density at radius 1 is 1.22 bits per heavy atom. The van der Waals surface area contributed by atoms with Gasteiger partial charge >= 0.3 is 5.97 Å². The van der Waals surface area contributed by atoms with Crippen molar-refractivity contribution in [2.45, 2.75) is 31.3 Å². The highest BCUT2D eigenvalue weighted by molar-refractivity contribution is 5.68. The Labute approximate surface area is 134 Å². The second kappa shape index (κ2) is 5.61. The predicted octanol–water partition coefficient (Wildman–Crippen LogP) is 3.70. The molecule has 1 aliphatic carbocycles. The van der Waals surface area contributed by atoms with E-state index in [2.05, 4.69) is 18.2 Å². The maximum Gasteiger partial charge on any atom is 0.304 e. The second-order valence-corrected chi connectivity index (χ2v) is 6.15. The first-order valence-electron chi connectivity index (χ1n) is 7.93. The molecule has 1 aliphatic heterocycles. The van der Waals surface area contributed by atoms with Gasteiger partial charge in [0, 0.05) is 17.5 Å². The Morgan fingerprint density at radius 2 is 2.09 bits per heavy atom. The van der Waals surface area contributed by atoms with E-state index in [-0.39, 0.29) is 18.4 Å². The van der Waals surface area contributed by atoms with E-state index >= 15 is 0 Å². The highest BCUT2D eigenvalue weighted by Gasteiger charge is 2.28. The average molecular weight is 310 g/mol. The molecule has 2 unspecified atom stereocenters. The molecule has 0 saturated carbocycles. The number of carboxylic acid groups (broad SMARTS) is 1. The van der Waals surface area contributed by atoms with Crippen LogP contribution >= 0.6 is 0 Å². The van der Waals surface area contributed by atoms with Crippen molar-refractivity contribution in [1.82, 2.24) is 0 Å². The van der Waals surface area contributed by atoms with E-state index in [1.807, 2.05) is 24.3 Å². The maximum atomic E-state index is 10.9. The fourth-order valence-electron chi connectivity index (χ4n) is 3.51. The van der Waals surface area contributed by atoms with Gasteiger partial charge in [-0.1, -0.05) is 30.3 Å². The summed E-state index contributed by atoms with van der Waals surface area (Å²) in [5.74, 6) is 0.666. The lowest BCUT2D eigenvalue weighted by Crippen LogP contribution is -2.07. The molecule has 1 heterocycles. The van der Waals surface area contributed by atoms with Crippen LogP contribution in [0.1, 0.15) is 41.6 Å². The molecule has 118 valence electrons. The Kier molecular flexibility index (Phi) is 3.45. The molecule has 2 aromatic carbocycles. The Balaban J connectivity index is 1.53. The van der Waals surface area contributed by atoms with E-state index in [1.54, 1.807) is 0 Å². The normalized spacial score (nSPS) is 21.4. The third kappa shape index (κ3) is 2.65. The maximum absolute atomic E-state index is 10.9. The van der Waals surface area contributed by atoms with Crippen LogP contribution in [0.5, 0.6) is 11.5 Å². The first kappa shape index (κ1) is 14.1. The first-order valence-corrected chi connectivity index (χ1v) is 7.93. The van der Waals surface area contributed by atoms with Crippen molar-refractivity contribution < 1.29 is 19.4 Å². The molecule has 1 N–H and O–H groups in total. The van der Waals surface area contributed by atoms with E-state index in [9.17, 15) is 4.79 Å². The van der Waals surface area contributed by atoms with Crippen LogP contribution < -0.4 is 9.47 Å². The number of ether oxygens (including phenoxy) is 2. The van der Waals surface area contributed by atoms with Crippen molar-refractivity contribution >= 4 is 5.97 Å². The highest BCUT2D eigenvalue weighted by atomic mass is 16.5. The zero-order valence-corrected chi connectivity index (χ0v) is 12.7. The molecule has 2 aliphatic rings. The Hall–Kier alpha value is -2.49. The van der Waals surface area contributed by atoms with E-state index in [1.165, 1.54) is 11.1 Å². The van der Waals surface area contributed by atoms with Crippen molar-refractivity contribution in [3.8, 4) is 11.5 Å². The number of hydrogen-bond donors (Lipinski definition) is 1. The van der Waals surface area contributed by atoms with Crippen molar-refractivity contribution in [3.05, 3.63) is 59.2 Å². The second-order valence-electron chi connectivity index (χ2n) is 6.15. The summed E-state index contributed by atoms with van der Waals surface area (Å²) >= 11 is 0. The molecule has 0 fully saturated rings. The van der Waals surface area contributed by atoms with Gasteiger partial charge in [-0.25, -0.2) is 0 Å². The van der Waals surface area contributed by atoms with Gasteiger partial charge in [-0.3, -0.25) is 4.79 Å². The minimum Gasteiger partial charge on any atom is -0.492 e. The van der Waals surface area contributed by atoms with Crippen molar-refractivity contribution in [3.63, 3.8) is 0 Å². The van der Waals surface area contributed by atoms with Gasteiger partial charge in [0.2, 0.25) is 0 Å². The Morgan fingerprint density at radius 3 is 2.96 bits per heavy atom. The highest BCUT2D eigenvalue weighted by Crippen LogP contribution is 2.40. The van der Waals surface area contributed by atoms with E-state index in [0.29, 0.717) is 6.61 Å². The molecule has 0 aromatic heterocycles. The largest absolute Gasteiger partial charge is 0.492 e. The quantitative estimate of drug-likeness (QED) is 0.935. The van der Waals surface area contributed by atoms with Crippen LogP contribution in [-0.4, -0.2) is 17.7 Å². The fraction of sp³-hybridized carbons (Fsp3) is 0.316. The Bertz CT molecular complexity index is 753. The monoisotopic (exact) mass is 310 g/mol. The van der Waals surface area contributed by atoms with E-state index in [0.717, 1.165) is 29.9 Å². The van der Waals surface area contributed by atoms with Crippen LogP contribution in [0.4, 0.5) is 0 Å². The van der Waals surface area contributed by atoms with Crippen LogP contribution in [0.3, 0.4) is 0 Å². The standard InChI is InChI=1S/C19H18O4/c20-19(21)9-13-11-22-18-10-14(6-7-16(13)18)23-17-8-5-12-3-1-2-4-15(12)17/h1-4,6-7,10,13,17H,5,8-9,11H2,(H,20,21). The van der Waals surface area contributed by atoms with Crippen molar-refractivity contribution in [2.24, 2.45) is 0 Å². The molecule has 0 radical (unpaired) electrons. The van der Waals surface area contributed by atoms with Gasteiger partial charge in [0.05, 0.1) is 13.0 Å². The third-order valence-corrected chi connectivity index (χ3v) is 4.64. The number of benzene rings is 2. The molecule has 0 amide bonds. The lowest BCUT2D eigenvalue weighted by molar-refractivity contribution is -0.137. The lowest BCUT2D eigenvalue weighted by Gasteiger charge is -2.15. The molecule has 0 saturated heterocycles. The number of carbonyl (C=O) groups is 1. The summed E-state index contributed by atoms with van der Waals surface area (Å²) in [6.07, 6.45) is 2.21. The molecule has 2 aromatic rings. The number of aryl methyl sites for hydroxylation is 1. The smallest absolute Gasteiger partial charge is 0.304 e. The number of hydrogen-bond acceptors (Lipinski definition) is 3. The zero-order valence-electron chi connectivity index (χ0n) is 12.7. The van der Waals surface area contributed by atoms with Gasteiger partial charge in [0.25, 0.3) is 0 Å². The fourth-order valence-corrected chi connectivity index (χ4v) is 3.51. The molecule has 0 bridgehead atoms. The molecule has 4 rings (SSSR count). The van der Waals surface area contributed by atoms with Gasteiger partial charge in [-0.15, -0.1) is 0 Å². The third-order valence-electron chi connectivity index (χ3n) is 4.64. The molecule has 2 atom stereocenters. The van der Waals surface area contributed by atoms with Crippen molar-refractivity contribution in [2.75, 3.05) is 6.61 Å². The van der Waals surface area contributed by atoms with Crippen molar-refractivity contribution in [1.29, 1.82) is 0 Å². The molecular formula is C19H18O4. The average Bonchev–Trinajstić information content (AvgIpc) is 3.12. The summed E-state index contributed by atoms with van der Waals surface area (Å²) < 4.78 is 11.8. The van der Waals surface area contributed by atoms with Gasteiger partial charge in [-0.2, -0.15) is 0 Å². The molecule has 4 heteroatoms. The van der Waals surface area contributed by atoms with Gasteiger partial charge in [-0.05, 0) is 30.0 Å². The molecular weight excluding hydrogens is 292 g/mol. The molecule has 4 nitrogen and oxygen atoms in total. The SMILES string of the molecule is O=C(O)CC1COc2cc(OC3CCc4ccccc43)ccc21. The summed E-state index contributed by atoms with van der Waals surface area (Å²) in [5.41, 5.74) is 3.58. The summed E-state index contributed by atoms with van der Waals surface area (Å²) in [6.45, 7) is 0.428. The number of carboxylic acids is 1. The summed E-state index contributed by atoms with van der Waals surface area (Å²) in [6, 6.07) is 14.1. The first-order chi connectivity index (χ1) is 11.2. The van der Waals surface area contributed by atoms with Gasteiger partial charge < -0.3 is 14.6 Å². The predicted molar refractivity (Wildman–Crippen MR) is 85.1 cm³/mol. The number of fused-ring (bicyclic) bond motifs is 2. The zero-order chi connectivity index (χ0) is 15.8. The summed E-state index contributed by atoms with van der Waals surface area (Å²) in [4.78, 5) is 10.9. The van der Waals surface area contributed by atoms with Gasteiger partial charge in [0.1, 0.15) is 17.6 Å². The van der Waals surface area contributed by atoms with Crippen LogP contribution in [0.15, 0.2) is 42.5 Å². The minimum absolute atomic E-state index is 0.0660. The van der Waals surface area contributed by atoms with Crippen LogP contribution in [0.25, 0.3) is 0 Å². The van der Waals surface area contributed by atoms with Crippen LogP contribution in [-0.2, 0) is 11.2 Å². The van der Waals surface area contributed by atoms with Gasteiger partial charge in [0.15, 0.2) is 0 Å². The topological polar surface area (TPSA) is 55.8 Å². The molecule has 23 heavy (non-hydrogen) atoms. The molecule has 0 spiro atoms.